The molecule has 0 saturated carbocycles. The van der Waals surface area contributed by atoms with E-state index in [1.54, 1.807) is 41.6 Å². The molecule has 0 amide bonds. The minimum absolute atomic E-state index is 0.266. The summed E-state index contributed by atoms with van der Waals surface area (Å²) in [5.74, 6) is -0.266. The quantitative estimate of drug-likeness (QED) is 0.742. The van der Waals surface area contributed by atoms with E-state index >= 15 is 0 Å². The van der Waals surface area contributed by atoms with Crippen molar-refractivity contribution < 1.29 is 4.39 Å². The molecule has 0 aliphatic carbocycles. The third-order valence-electron chi connectivity index (χ3n) is 3.23. The van der Waals surface area contributed by atoms with Gasteiger partial charge in [-0.25, -0.2) is 9.07 Å². The molecule has 1 heterocycles. The van der Waals surface area contributed by atoms with E-state index in [9.17, 15) is 4.39 Å². The van der Waals surface area contributed by atoms with Crippen molar-refractivity contribution in [1.29, 1.82) is 5.26 Å². The highest BCUT2D eigenvalue weighted by Crippen LogP contribution is 2.19. The molecule has 0 saturated heterocycles. The molecular weight excluding hydrogens is 281 g/mol. The zero-order valence-electron chi connectivity index (χ0n) is 11.6. The van der Waals surface area contributed by atoms with Gasteiger partial charge in [0.05, 0.1) is 23.9 Å². The number of benzene rings is 2. The SMILES string of the molecule is N#Cc1ccc(N(Cc2ccc(F)cc2)n2cnnc2)cc1. The fourth-order valence-corrected chi connectivity index (χ4v) is 2.10. The maximum atomic E-state index is 13.0. The maximum Gasteiger partial charge on any atom is 0.139 e. The van der Waals surface area contributed by atoms with Gasteiger partial charge < -0.3 is 0 Å². The minimum Gasteiger partial charge on any atom is -0.274 e. The van der Waals surface area contributed by atoms with Gasteiger partial charge in [0.15, 0.2) is 0 Å². The van der Waals surface area contributed by atoms with Gasteiger partial charge in [-0.05, 0) is 42.0 Å². The van der Waals surface area contributed by atoms with Crippen molar-refractivity contribution in [3.63, 3.8) is 0 Å². The second-order valence-corrected chi connectivity index (χ2v) is 4.68. The van der Waals surface area contributed by atoms with Crippen LogP contribution in [0.5, 0.6) is 0 Å². The van der Waals surface area contributed by atoms with Gasteiger partial charge in [0.25, 0.3) is 0 Å². The Morgan fingerprint density at radius 3 is 2.23 bits per heavy atom. The predicted octanol–water partition coefficient (Wildman–Crippen LogP) is 2.76. The topological polar surface area (TPSA) is 57.7 Å². The molecule has 6 heteroatoms. The summed E-state index contributed by atoms with van der Waals surface area (Å²) in [6, 6.07) is 15.6. The second kappa shape index (κ2) is 6.06. The van der Waals surface area contributed by atoms with Crippen LogP contribution in [0.4, 0.5) is 10.1 Å². The first-order chi connectivity index (χ1) is 10.8. The Labute approximate surface area is 126 Å². The molecule has 5 nitrogen and oxygen atoms in total. The van der Waals surface area contributed by atoms with Crippen molar-refractivity contribution in [2.45, 2.75) is 6.54 Å². The Morgan fingerprint density at radius 1 is 1.00 bits per heavy atom. The third-order valence-corrected chi connectivity index (χ3v) is 3.23. The highest BCUT2D eigenvalue weighted by molar-refractivity contribution is 5.49. The van der Waals surface area contributed by atoms with Gasteiger partial charge in [-0.2, -0.15) is 5.26 Å². The molecule has 1 aromatic heterocycles. The average molecular weight is 293 g/mol. The Morgan fingerprint density at radius 2 is 1.64 bits per heavy atom. The number of anilines is 1. The smallest absolute Gasteiger partial charge is 0.139 e. The first-order valence-electron chi connectivity index (χ1n) is 6.63. The molecule has 0 fully saturated rings. The first kappa shape index (κ1) is 13.8. The van der Waals surface area contributed by atoms with Crippen molar-refractivity contribution in [3.8, 4) is 6.07 Å². The van der Waals surface area contributed by atoms with Crippen molar-refractivity contribution in [3.05, 3.63) is 78.1 Å². The van der Waals surface area contributed by atoms with E-state index < -0.39 is 0 Å². The Kier molecular flexibility index (Phi) is 3.79. The Hall–Kier alpha value is -3.20. The van der Waals surface area contributed by atoms with Crippen LogP contribution in [0, 0.1) is 17.1 Å². The van der Waals surface area contributed by atoms with Crippen LogP contribution < -0.4 is 5.01 Å². The van der Waals surface area contributed by atoms with Gasteiger partial charge in [0.1, 0.15) is 18.5 Å². The van der Waals surface area contributed by atoms with Crippen LogP contribution in [0.1, 0.15) is 11.1 Å². The van der Waals surface area contributed by atoms with E-state index in [0.717, 1.165) is 11.3 Å². The Balaban J connectivity index is 1.93. The van der Waals surface area contributed by atoms with E-state index in [1.165, 1.54) is 12.1 Å². The summed E-state index contributed by atoms with van der Waals surface area (Å²) in [5, 5.41) is 18.4. The van der Waals surface area contributed by atoms with Gasteiger partial charge >= 0.3 is 0 Å². The van der Waals surface area contributed by atoms with Crippen LogP contribution in [0.15, 0.2) is 61.2 Å². The van der Waals surface area contributed by atoms with Gasteiger partial charge in [0.2, 0.25) is 0 Å². The van der Waals surface area contributed by atoms with Gasteiger partial charge in [0, 0.05) is 0 Å². The van der Waals surface area contributed by atoms with Gasteiger partial charge in [-0.3, -0.25) is 5.01 Å². The molecule has 0 unspecified atom stereocenters. The number of hydrogen-bond donors (Lipinski definition) is 0. The van der Waals surface area contributed by atoms with Crippen LogP contribution in [0.25, 0.3) is 0 Å². The van der Waals surface area contributed by atoms with E-state index in [0.29, 0.717) is 12.1 Å². The lowest BCUT2D eigenvalue weighted by molar-refractivity contribution is 0.625. The Bertz CT molecular complexity index is 773. The summed E-state index contributed by atoms with van der Waals surface area (Å²) in [5.41, 5.74) is 2.41. The van der Waals surface area contributed by atoms with E-state index in [4.69, 9.17) is 5.26 Å². The maximum absolute atomic E-state index is 13.0. The van der Waals surface area contributed by atoms with Crippen molar-refractivity contribution in [1.82, 2.24) is 14.9 Å². The second-order valence-electron chi connectivity index (χ2n) is 4.68. The standard InChI is InChI=1S/C16H12FN5/c17-15-5-1-14(2-6-15)10-22(21-11-19-20-12-21)16-7-3-13(9-18)4-8-16/h1-8,11-12H,10H2. The summed E-state index contributed by atoms with van der Waals surface area (Å²) in [6.45, 7) is 0.518. The van der Waals surface area contributed by atoms with Gasteiger partial charge in [-0.15, -0.1) is 10.2 Å². The number of rotatable bonds is 4. The number of hydrogen-bond acceptors (Lipinski definition) is 4. The summed E-state index contributed by atoms with van der Waals surface area (Å²) < 4.78 is 14.8. The number of nitriles is 1. The van der Waals surface area contributed by atoms with Crippen molar-refractivity contribution in [2.24, 2.45) is 0 Å². The number of aromatic nitrogens is 3. The van der Waals surface area contributed by atoms with E-state index in [-0.39, 0.29) is 5.82 Å². The van der Waals surface area contributed by atoms with Crippen LogP contribution >= 0.6 is 0 Å². The van der Waals surface area contributed by atoms with Crippen LogP contribution in [0.3, 0.4) is 0 Å². The molecule has 0 radical (unpaired) electrons. The molecule has 0 aliphatic heterocycles. The average Bonchev–Trinajstić information content (AvgIpc) is 3.09. The zero-order valence-corrected chi connectivity index (χ0v) is 11.6. The summed E-state index contributed by atoms with van der Waals surface area (Å²) in [6.07, 6.45) is 3.17. The summed E-state index contributed by atoms with van der Waals surface area (Å²) in [7, 11) is 0. The van der Waals surface area contributed by atoms with Crippen LogP contribution in [0.2, 0.25) is 0 Å². The molecule has 0 N–H and O–H groups in total. The molecule has 22 heavy (non-hydrogen) atoms. The fraction of sp³-hybridized carbons (Fsp3) is 0.0625. The molecule has 0 bridgehead atoms. The molecule has 3 rings (SSSR count). The molecular formula is C16H12FN5. The van der Waals surface area contributed by atoms with E-state index in [1.807, 2.05) is 17.1 Å². The van der Waals surface area contributed by atoms with E-state index in [2.05, 4.69) is 16.3 Å². The molecule has 108 valence electrons. The largest absolute Gasteiger partial charge is 0.274 e. The number of nitrogens with zero attached hydrogens (tertiary/aromatic N) is 5. The van der Waals surface area contributed by atoms with Crippen molar-refractivity contribution in [2.75, 3.05) is 5.01 Å². The molecule has 0 aliphatic rings. The predicted molar refractivity (Wildman–Crippen MR) is 79.2 cm³/mol. The number of halogens is 1. The van der Waals surface area contributed by atoms with Gasteiger partial charge in [-0.1, -0.05) is 12.1 Å². The lowest BCUT2D eigenvalue weighted by Crippen LogP contribution is -2.27. The highest BCUT2D eigenvalue weighted by atomic mass is 19.1. The normalized spacial score (nSPS) is 10.2. The molecule has 0 spiro atoms. The zero-order chi connectivity index (χ0) is 15.4. The summed E-state index contributed by atoms with van der Waals surface area (Å²) in [4.78, 5) is 0. The molecule has 0 atom stereocenters. The molecule has 2 aromatic carbocycles. The lowest BCUT2D eigenvalue weighted by Gasteiger charge is -2.25. The van der Waals surface area contributed by atoms with Crippen molar-refractivity contribution >= 4 is 5.69 Å². The lowest BCUT2D eigenvalue weighted by atomic mass is 10.2. The van der Waals surface area contributed by atoms with Crippen LogP contribution in [-0.2, 0) is 6.54 Å². The first-order valence-corrected chi connectivity index (χ1v) is 6.63. The summed E-state index contributed by atoms with van der Waals surface area (Å²) >= 11 is 0. The minimum atomic E-state index is -0.266. The van der Waals surface area contributed by atoms with Crippen LogP contribution in [-0.4, -0.2) is 14.9 Å². The monoisotopic (exact) mass is 293 g/mol. The molecule has 3 aromatic rings. The highest BCUT2D eigenvalue weighted by Gasteiger charge is 2.10. The fourth-order valence-electron chi connectivity index (χ4n) is 2.10. The third kappa shape index (κ3) is 2.94.